The summed E-state index contributed by atoms with van der Waals surface area (Å²) >= 11 is 1.53. The number of carbonyl (C=O) groups is 1. The van der Waals surface area contributed by atoms with E-state index >= 15 is 0 Å². The van der Waals surface area contributed by atoms with Gasteiger partial charge in [0, 0.05) is 12.3 Å². The summed E-state index contributed by atoms with van der Waals surface area (Å²) in [5.41, 5.74) is 1.22. The van der Waals surface area contributed by atoms with Crippen molar-refractivity contribution in [3.63, 3.8) is 0 Å². The molecule has 1 aromatic carbocycles. The maximum Gasteiger partial charge on any atom is 0.341 e. The third-order valence-corrected chi connectivity index (χ3v) is 2.98. The Hall–Kier alpha value is -1.20. The van der Waals surface area contributed by atoms with Gasteiger partial charge in [0.15, 0.2) is 0 Å². The summed E-state index contributed by atoms with van der Waals surface area (Å²) in [5.74, 6) is -0.0377. The fourth-order valence-corrected chi connectivity index (χ4v) is 2.26. The van der Waals surface area contributed by atoms with Crippen molar-refractivity contribution in [3.05, 3.63) is 47.5 Å². The van der Waals surface area contributed by atoms with Crippen LogP contribution >= 0.6 is 11.3 Å². The number of rotatable bonds is 3. The Bertz CT molecular complexity index is 484. The Morgan fingerprint density at radius 1 is 1.35 bits per heavy atom. The molecule has 3 nitrogen and oxygen atoms in total. The molecule has 1 aromatic heterocycles. The largest absolute Gasteiger partial charge is 1.00 e. The lowest BCUT2D eigenvalue weighted by Gasteiger charge is -2.00. The second-order valence-electron chi connectivity index (χ2n) is 3.50. The first-order chi connectivity index (χ1) is 7.75. The summed E-state index contributed by atoms with van der Waals surface area (Å²) in [5, 5.41) is 5.65. The lowest BCUT2D eigenvalue weighted by Crippen LogP contribution is -3.00. The Balaban J connectivity index is 0.00000144. The smallest absolute Gasteiger partial charge is 0.341 e. The van der Waals surface area contributed by atoms with Crippen LogP contribution in [-0.4, -0.2) is 5.91 Å². The summed E-state index contributed by atoms with van der Waals surface area (Å²) in [4.78, 5) is 11.0. The van der Waals surface area contributed by atoms with Crippen LogP contribution in [0.3, 0.4) is 0 Å². The zero-order valence-corrected chi connectivity index (χ0v) is 11.8. The molecule has 1 heterocycles. The monoisotopic (exact) mass is 312 g/mol. The van der Waals surface area contributed by atoms with E-state index in [1.54, 1.807) is 0 Å². The van der Waals surface area contributed by atoms with Gasteiger partial charge in [-0.2, -0.15) is 0 Å². The van der Waals surface area contributed by atoms with E-state index in [-0.39, 0.29) is 22.9 Å². The van der Waals surface area contributed by atoms with Crippen molar-refractivity contribution in [1.29, 1.82) is 0 Å². The van der Waals surface area contributed by atoms with Gasteiger partial charge in [-0.25, -0.2) is 14.7 Å². The Labute approximate surface area is 115 Å². The molecular formula is C12H13BrN2OS. The molecule has 0 bridgehead atoms. The van der Waals surface area contributed by atoms with Crippen molar-refractivity contribution in [2.75, 3.05) is 5.32 Å². The molecule has 0 unspecified atom stereocenters. The number of nitrogens with zero attached hydrogens (tertiary/aromatic N) is 1. The van der Waals surface area contributed by atoms with E-state index in [1.165, 1.54) is 23.8 Å². The molecule has 0 fully saturated rings. The fourth-order valence-electron chi connectivity index (χ4n) is 1.46. The van der Waals surface area contributed by atoms with E-state index in [2.05, 4.69) is 17.4 Å². The lowest BCUT2D eigenvalue weighted by atomic mass is 10.2. The Morgan fingerprint density at radius 3 is 2.71 bits per heavy atom. The van der Waals surface area contributed by atoms with Gasteiger partial charge in [0.05, 0.1) is 0 Å². The first-order valence-electron chi connectivity index (χ1n) is 5.04. The first kappa shape index (κ1) is 13.9. The molecule has 0 radical (unpaired) electrons. The van der Waals surface area contributed by atoms with Crippen molar-refractivity contribution < 1.29 is 26.3 Å². The molecule has 2 aromatic rings. The minimum atomic E-state index is -0.0377. The second kappa shape index (κ2) is 6.51. The van der Waals surface area contributed by atoms with Gasteiger partial charge in [-0.15, -0.1) is 0 Å². The molecule has 1 amide bonds. The Morgan fingerprint density at radius 2 is 2.06 bits per heavy atom. The lowest BCUT2D eigenvalue weighted by molar-refractivity contribution is -0.669. The molecule has 0 spiro atoms. The van der Waals surface area contributed by atoms with Gasteiger partial charge in [-0.3, -0.25) is 0 Å². The number of amides is 1. The van der Waals surface area contributed by atoms with Crippen molar-refractivity contribution in [1.82, 2.24) is 0 Å². The third kappa shape index (κ3) is 3.94. The van der Waals surface area contributed by atoms with E-state index in [9.17, 15) is 4.79 Å². The van der Waals surface area contributed by atoms with Gasteiger partial charge in [0.2, 0.25) is 0 Å². The van der Waals surface area contributed by atoms with Crippen LogP contribution in [0.15, 0.2) is 41.9 Å². The van der Waals surface area contributed by atoms with Crippen LogP contribution in [0.2, 0.25) is 0 Å². The highest BCUT2D eigenvalue weighted by molar-refractivity contribution is 7.13. The van der Waals surface area contributed by atoms with E-state index in [0.717, 1.165) is 11.7 Å². The molecule has 0 aliphatic heterocycles. The summed E-state index contributed by atoms with van der Waals surface area (Å²) in [6.07, 6.45) is 1.98. The number of hydrogen-bond acceptors (Lipinski definition) is 2. The SMILES string of the molecule is CC(=O)Nc1scc[n+]1Cc1ccccc1.[Br-]. The van der Waals surface area contributed by atoms with E-state index in [4.69, 9.17) is 0 Å². The number of benzene rings is 1. The maximum absolute atomic E-state index is 11.0. The number of thiazole rings is 1. The van der Waals surface area contributed by atoms with Crippen LogP contribution in [0, 0.1) is 0 Å². The van der Waals surface area contributed by atoms with Crippen molar-refractivity contribution in [2.45, 2.75) is 13.5 Å². The van der Waals surface area contributed by atoms with Gasteiger partial charge < -0.3 is 17.0 Å². The fraction of sp³-hybridized carbons (Fsp3) is 0.167. The number of halogens is 1. The summed E-state index contributed by atoms with van der Waals surface area (Å²) < 4.78 is 2.03. The molecule has 90 valence electrons. The summed E-state index contributed by atoms with van der Waals surface area (Å²) in [7, 11) is 0. The zero-order chi connectivity index (χ0) is 11.4. The molecule has 0 atom stereocenters. The van der Waals surface area contributed by atoms with E-state index in [0.29, 0.717) is 0 Å². The average molecular weight is 313 g/mol. The third-order valence-electron chi connectivity index (χ3n) is 2.16. The highest BCUT2D eigenvalue weighted by Gasteiger charge is 2.12. The number of carbonyl (C=O) groups excluding carboxylic acids is 1. The number of nitrogens with one attached hydrogen (secondary N) is 1. The predicted octanol–water partition coefficient (Wildman–Crippen LogP) is -0.954. The van der Waals surface area contributed by atoms with Crippen LogP contribution in [0.25, 0.3) is 0 Å². The molecule has 0 aliphatic rings. The van der Waals surface area contributed by atoms with Gasteiger partial charge in [0.1, 0.15) is 12.7 Å². The van der Waals surface area contributed by atoms with Gasteiger partial charge in [-0.1, -0.05) is 41.7 Å². The second-order valence-corrected chi connectivity index (χ2v) is 4.40. The minimum absolute atomic E-state index is 0. The number of hydrogen-bond donors (Lipinski definition) is 1. The summed E-state index contributed by atoms with van der Waals surface area (Å²) in [6, 6.07) is 10.2. The van der Waals surface area contributed by atoms with Crippen molar-refractivity contribution in [2.24, 2.45) is 0 Å². The standard InChI is InChI=1S/C12H12N2OS.BrH/c1-10(15)13-12-14(7-8-16-12)9-11-5-3-2-4-6-11;/h2-8H,9H2,1H3;1H. The maximum atomic E-state index is 11.0. The highest BCUT2D eigenvalue weighted by atomic mass is 79.9. The van der Waals surface area contributed by atoms with Crippen LogP contribution in [-0.2, 0) is 11.3 Å². The number of aromatic nitrogens is 1. The normalized spacial score (nSPS) is 9.47. The van der Waals surface area contributed by atoms with Crippen LogP contribution < -0.4 is 26.9 Å². The van der Waals surface area contributed by atoms with Gasteiger partial charge >= 0.3 is 11.0 Å². The molecule has 2 rings (SSSR count). The molecule has 17 heavy (non-hydrogen) atoms. The van der Waals surface area contributed by atoms with Crippen LogP contribution in [0.4, 0.5) is 5.13 Å². The van der Waals surface area contributed by atoms with Crippen LogP contribution in [0.1, 0.15) is 12.5 Å². The first-order valence-corrected chi connectivity index (χ1v) is 5.92. The molecule has 0 saturated heterocycles. The van der Waals surface area contributed by atoms with E-state index in [1.807, 2.05) is 34.3 Å². The zero-order valence-electron chi connectivity index (χ0n) is 9.39. The molecule has 5 heteroatoms. The van der Waals surface area contributed by atoms with Gasteiger partial charge in [-0.05, 0) is 5.56 Å². The molecular weight excluding hydrogens is 300 g/mol. The quantitative estimate of drug-likeness (QED) is 0.728. The minimum Gasteiger partial charge on any atom is -1.00 e. The van der Waals surface area contributed by atoms with Crippen molar-refractivity contribution in [3.8, 4) is 0 Å². The summed E-state index contributed by atoms with van der Waals surface area (Å²) in [6.45, 7) is 2.30. The molecule has 1 N–H and O–H groups in total. The van der Waals surface area contributed by atoms with Crippen LogP contribution in [0.5, 0.6) is 0 Å². The highest BCUT2D eigenvalue weighted by Crippen LogP contribution is 2.10. The van der Waals surface area contributed by atoms with Crippen molar-refractivity contribution >= 4 is 22.4 Å². The number of anilines is 1. The van der Waals surface area contributed by atoms with Gasteiger partial charge in [0.25, 0.3) is 0 Å². The topological polar surface area (TPSA) is 33.0 Å². The van der Waals surface area contributed by atoms with E-state index < -0.39 is 0 Å². The average Bonchev–Trinajstić information content (AvgIpc) is 2.66. The predicted molar refractivity (Wildman–Crippen MR) is 64.4 cm³/mol. The molecule has 0 aliphatic carbocycles. The Kier molecular flexibility index (Phi) is 5.31. The molecule has 0 saturated carbocycles.